The minimum Gasteiger partial charge on any atom is -0.494 e. The average molecular weight is 268 g/mol. The van der Waals surface area contributed by atoms with Crippen molar-refractivity contribution in [1.29, 1.82) is 0 Å². The van der Waals surface area contributed by atoms with Gasteiger partial charge in [0.15, 0.2) is 11.6 Å². The van der Waals surface area contributed by atoms with E-state index in [0.29, 0.717) is 12.0 Å². The van der Waals surface area contributed by atoms with E-state index >= 15 is 0 Å². The zero-order chi connectivity index (χ0) is 14.1. The second-order valence-electron chi connectivity index (χ2n) is 4.94. The molecule has 0 radical (unpaired) electrons. The van der Waals surface area contributed by atoms with Gasteiger partial charge in [0.05, 0.1) is 13.2 Å². The van der Waals surface area contributed by atoms with Crippen molar-refractivity contribution in [2.24, 2.45) is 0 Å². The first-order chi connectivity index (χ1) is 9.20. The second-order valence-corrected chi connectivity index (χ2v) is 4.94. The SMILES string of the molecule is CCCCCCCCC(O)c1cccc(OC)c1F. The third-order valence-corrected chi connectivity index (χ3v) is 3.40. The van der Waals surface area contributed by atoms with Crippen molar-refractivity contribution < 1.29 is 14.2 Å². The van der Waals surface area contributed by atoms with E-state index in [1.54, 1.807) is 18.2 Å². The fourth-order valence-corrected chi connectivity index (χ4v) is 2.22. The average Bonchev–Trinajstić information content (AvgIpc) is 2.42. The molecule has 0 aliphatic rings. The molecule has 0 saturated carbocycles. The Morgan fingerprint density at radius 1 is 1.16 bits per heavy atom. The molecule has 0 saturated heterocycles. The van der Waals surface area contributed by atoms with E-state index < -0.39 is 11.9 Å². The predicted octanol–water partition coefficient (Wildman–Crippen LogP) is 4.62. The third-order valence-electron chi connectivity index (χ3n) is 3.40. The maximum absolute atomic E-state index is 13.9. The highest BCUT2D eigenvalue weighted by atomic mass is 19.1. The molecule has 1 aromatic carbocycles. The summed E-state index contributed by atoms with van der Waals surface area (Å²) in [7, 11) is 1.43. The Morgan fingerprint density at radius 2 is 1.84 bits per heavy atom. The first-order valence-corrected chi connectivity index (χ1v) is 7.21. The molecule has 1 N–H and O–H groups in total. The Balaban J connectivity index is 2.39. The van der Waals surface area contributed by atoms with E-state index in [4.69, 9.17) is 4.74 Å². The molecule has 3 heteroatoms. The van der Waals surface area contributed by atoms with Gasteiger partial charge in [-0.1, -0.05) is 57.6 Å². The molecule has 19 heavy (non-hydrogen) atoms. The van der Waals surface area contributed by atoms with Crippen LogP contribution in [0, 0.1) is 5.82 Å². The van der Waals surface area contributed by atoms with E-state index in [1.807, 2.05) is 0 Å². The highest BCUT2D eigenvalue weighted by Gasteiger charge is 2.15. The summed E-state index contributed by atoms with van der Waals surface area (Å²) in [5.74, 6) is -0.247. The summed E-state index contributed by atoms with van der Waals surface area (Å²) >= 11 is 0. The van der Waals surface area contributed by atoms with Crippen molar-refractivity contribution in [3.05, 3.63) is 29.6 Å². The van der Waals surface area contributed by atoms with Crippen LogP contribution in [-0.2, 0) is 0 Å². The summed E-state index contributed by atoms with van der Waals surface area (Å²) in [5.41, 5.74) is 0.341. The van der Waals surface area contributed by atoms with Crippen LogP contribution in [0.3, 0.4) is 0 Å². The van der Waals surface area contributed by atoms with Gasteiger partial charge >= 0.3 is 0 Å². The zero-order valence-electron chi connectivity index (χ0n) is 12.0. The van der Waals surface area contributed by atoms with Crippen LogP contribution >= 0.6 is 0 Å². The first kappa shape index (κ1) is 16.0. The lowest BCUT2D eigenvalue weighted by Crippen LogP contribution is -2.02. The van der Waals surface area contributed by atoms with Crippen LogP contribution in [0.2, 0.25) is 0 Å². The van der Waals surface area contributed by atoms with E-state index in [0.717, 1.165) is 12.8 Å². The van der Waals surface area contributed by atoms with Crippen molar-refractivity contribution in [3.63, 3.8) is 0 Å². The van der Waals surface area contributed by atoms with Crippen LogP contribution in [0.15, 0.2) is 18.2 Å². The Morgan fingerprint density at radius 3 is 2.53 bits per heavy atom. The molecule has 0 bridgehead atoms. The van der Waals surface area contributed by atoms with E-state index in [9.17, 15) is 9.50 Å². The number of benzene rings is 1. The summed E-state index contributed by atoms with van der Waals surface area (Å²) in [6.45, 7) is 2.19. The standard InChI is InChI=1S/C16H25FO2/c1-3-4-5-6-7-8-11-14(18)13-10-9-12-15(19-2)16(13)17/h9-10,12,14,18H,3-8,11H2,1-2H3. The molecule has 1 unspecified atom stereocenters. The van der Waals surface area contributed by atoms with Gasteiger partial charge < -0.3 is 9.84 Å². The molecule has 0 aliphatic heterocycles. The Hall–Kier alpha value is -1.09. The number of unbranched alkanes of at least 4 members (excludes halogenated alkanes) is 5. The second kappa shape index (κ2) is 8.92. The molecule has 1 rings (SSSR count). The van der Waals surface area contributed by atoms with Gasteiger partial charge in [-0.2, -0.15) is 0 Å². The number of hydrogen-bond donors (Lipinski definition) is 1. The summed E-state index contributed by atoms with van der Waals surface area (Å²) in [6.07, 6.45) is 6.85. The van der Waals surface area contributed by atoms with Crippen LogP contribution in [0.4, 0.5) is 4.39 Å². The van der Waals surface area contributed by atoms with Gasteiger partial charge in [-0.3, -0.25) is 0 Å². The van der Waals surface area contributed by atoms with Gasteiger partial charge in [0, 0.05) is 5.56 Å². The molecular weight excluding hydrogens is 243 g/mol. The molecule has 0 heterocycles. The third kappa shape index (κ3) is 5.19. The predicted molar refractivity (Wildman–Crippen MR) is 75.9 cm³/mol. The Labute approximate surface area is 115 Å². The smallest absolute Gasteiger partial charge is 0.170 e. The molecule has 0 aliphatic carbocycles. The number of rotatable bonds is 9. The van der Waals surface area contributed by atoms with Crippen molar-refractivity contribution in [2.45, 2.75) is 58.0 Å². The maximum atomic E-state index is 13.9. The van der Waals surface area contributed by atoms with E-state index in [2.05, 4.69) is 6.92 Å². The monoisotopic (exact) mass is 268 g/mol. The van der Waals surface area contributed by atoms with Crippen LogP contribution in [0.5, 0.6) is 5.75 Å². The number of methoxy groups -OCH3 is 1. The normalized spacial score (nSPS) is 12.4. The van der Waals surface area contributed by atoms with Gasteiger partial charge in [-0.25, -0.2) is 4.39 Å². The van der Waals surface area contributed by atoms with E-state index in [1.165, 1.54) is 32.8 Å². The number of aliphatic hydroxyl groups is 1. The van der Waals surface area contributed by atoms with Crippen molar-refractivity contribution >= 4 is 0 Å². The molecular formula is C16H25FO2. The Bertz CT molecular complexity index is 366. The quantitative estimate of drug-likeness (QED) is 0.662. The number of ether oxygens (including phenoxy) is 1. The molecule has 0 spiro atoms. The molecule has 0 fully saturated rings. The summed E-state index contributed by atoms with van der Waals surface area (Å²) < 4.78 is 18.8. The molecule has 1 aromatic rings. The van der Waals surface area contributed by atoms with Crippen molar-refractivity contribution in [3.8, 4) is 5.75 Å². The van der Waals surface area contributed by atoms with Crippen LogP contribution in [-0.4, -0.2) is 12.2 Å². The van der Waals surface area contributed by atoms with Gasteiger partial charge in [0.25, 0.3) is 0 Å². The lowest BCUT2D eigenvalue weighted by molar-refractivity contribution is 0.158. The Kier molecular flexibility index (Phi) is 7.49. The van der Waals surface area contributed by atoms with Crippen LogP contribution in [0.25, 0.3) is 0 Å². The maximum Gasteiger partial charge on any atom is 0.170 e. The number of hydrogen-bond acceptors (Lipinski definition) is 2. The van der Waals surface area contributed by atoms with Gasteiger partial charge in [0.2, 0.25) is 0 Å². The molecule has 0 aromatic heterocycles. The molecule has 0 amide bonds. The molecule has 1 atom stereocenters. The van der Waals surface area contributed by atoms with Crippen molar-refractivity contribution in [1.82, 2.24) is 0 Å². The highest BCUT2D eigenvalue weighted by molar-refractivity contribution is 5.32. The fourth-order valence-electron chi connectivity index (χ4n) is 2.22. The van der Waals surface area contributed by atoms with Gasteiger partial charge in [0.1, 0.15) is 0 Å². The fraction of sp³-hybridized carbons (Fsp3) is 0.625. The first-order valence-electron chi connectivity index (χ1n) is 7.21. The minimum absolute atomic E-state index is 0.194. The highest BCUT2D eigenvalue weighted by Crippen LogP contribution is 2.28. The lowest BCUT2D eigenvalue weighted by Gasteiger charge is -2.13. The van der Waals surface area contributed by atoms with Gasteiger partial charge in [-0.05, 0) is 12.5 Å². The summed E-state index contributed by atoms with van der Waals surface area (Å²) in [6, 6.07) is 4.90. The minimum atomic E-state index is -0.735. The zero-order valence-corrected chi connectivity index (χ0v) is 12.0. The largest absolute Gasteiger partial charge is 0.494 e. The summed E-state index contributed by atoms with van der Waals surface area (Å²) in [5, 5.41) is 10.0. The molecule has 108 valence electrons. The number of aliphatic hydroxyl groups excluding tert-OH is 1. The molecule has 2 nitrogen and oxygen atoms in total. The van der Waals surface area contributed by atoms with E-state index in [-0.39, 0.29) is 5.75 Å². The van der Waals surface area contributed by atoms with Crippen LogP contribution < -0.4 is 4.74 Å². The van der Waals surface area contributed by atoms with Crippen LogP contribution in [0.1, 0.15) is 63.5 Å². The topological polar surface area (TPSA) is 29.5 Å². The van der Waals surface area contributed by atoms with Gasteiger partial charge in [-0.15, -0.1) is 0 Å². The summed E-state index contributed by atoms with van der Waals surface area (Å²) in [4.78, 5) is 0. The lowest BCUT2D eigenvalue weighted by atomic mass is 10.0. The number of halogens is 1. The van der Waals surface area contributed by atoms with Crippen molar-refractivity contribution in [2.75, 3.05) is 7.11 Å².